The Labute approximate surface area is 151 Å². The molecule has 1 atom stereocenters. The van der Waals surface area contributed by atoms with Crippen LogP contribution in [-0.2, 0) is 6.54 Å². The smallest absolute Gasteiger partial charge is 0.227 e. The molecule has 0 unspecified atom stereocenters. The van der Waals surface area contributed by atoms with Gasteiger partial charge in [-0.05, 0) is 31.5 Å². The number of fused-ring (bicyclic) bond motifs is 1. The molecule has 0 fully saturated rings. The molecular formula is C18H21N7O. The van der Waals surface area contributed by atoms with Gasteiger partial charge in [-0.1, -0.05) is 13.0 Å². The summed E-state index contributed by atoms with van der Waals surface area (Å²) in [5, 5.41) is 24.9. The maximum atomic E-state index is 9.44. The Morgan fingerprint density at radius 1 is 1.31 bits per heavy atom. The number of hydrogen-bond donors (Lipinski definition) is 3. The Balaban J connectivity index is 2.04. The van der Waals surface area contributed by atoms with E-state index in [4.69, 9.17) is 5.26 Å². The fourth-order valence-corrected chi connectivity index (χ4v) is 2.59. The van der Waals surface area contributed by atoms with Gasteiger partial charge in [-0.25, -0.2) is 4.98 Å². The SMILES string of the molecule is CC[C@H](CO)Nc1nc(Nc2cccc(C#N)c2)c2ncn(CC)c2n1. The number of rotatable bonds is 7. The van der Waals surface area contributed by atoms with Gasteiger partial charge >= 0.3 is 0 Å². The molecule has 0 aliphatic carbocycles. The predicted octanol–water partition coefficient (Wildman–Crippen LogP) is 2.64. The van der Waals surface area contributed by atoms with Crippen LogP contribution >= 0.6 is 0 Å². The highest BCUT2D eigenvalue weighted by atomic mass is 16.3. The molecule has 1 aromatic carbocycles. The van der Waals surface area contributed by atoms with Crippen LogP contribution < -0.4 is 10.6 Å². The van der Waals surface area contributed by atoms with Gasteiger partial charge in [0, 0.05) is 12.2 Å². The maximum absolute atomic E-state index is 9.44. The van der Waals surface area contributed by atoms with Crippen LogP contribution in [0, 0.1) is 11.3 Å². The zero-order valence-corrected chi connectivity index (χ0v) is 14.8. The van der Waals surface area contributed by atoms with E-state index in [0.29, 0.717) is 28.5 Å². The Bertz CT molecular complexity index is 940. The number of aromatic nitrogens is 4. The van der Waals surface area contributed by atoms with Gasteiger partial charge in [-0.15, -0.1) is 0 Å². The normalized spacial score (nSPS) is 11.9. The standard InChI is InChI=1S/C18H21N7O/c1-3-13(10-26)22-18-23-16(15-17(24-18)25(4-2)11-20-15)21-14-7-5-6-12(8-14)9-19/h5-8,11,13,26H,3-4,10H2,1-2H3,(H2,21,22,23,24)/t13-/m1/s1. The number of hydrogen-bond acceptors (Lipinski definition) is 7. The molecule has 3 rings (SSSR count). The Hall–Kier alpha value is -3.18. The van der Waals surface area contributed by atoms with E-state index in [1.165, 1.54) is 0 Å². The molecule has 0 aliphatic heterocycles. The molecule has 3 N–H and O–H groups in total. The van der Waals surface area contributed by atoms with Gasteiger partial charge in [-0.3, -0.25) is 0 Å². The minimum atomic E-state index is -0.125. The summed E-state index contributed by atoms with van der Waals surface area (Å²) in [4.78, 5) is 13.5. The summed E-state index contributed by atoms with van der Waals surface area (Å²) in [5.74, 6) is 0.972. The molecular weight excluding hydrogens is 330 g/mol. The summed E-state index contributed by atoms with van der Waals surface area (Å²) in [7, 11) is 0. The van der Waals surface area contributed by atoms with Crippen molar-refractivity contribution < 1.29 is 5.11 Å². The molecule has 2 aromatic heterocycles. The van der Waals surface area contributed by atoms with Crippen LogP contribution in [0.1, 0.15) is 25.8 Å². The quantitative estimate of drug-likeness (QED) is 0.600. The van der Waals surface area contributed by atoms with Crippen LogP contribution in [0.5, 0.6) is 0 Å². The third-order valence-electron chi connectivity index (χ3n) is 4.11. The van der Waals surface area contributed by atoms with Gasteiger partial charge < -0.3 is 20.3 Å². The van der Waals surface area contributed by atoms with E-state index in [1.54, 1.807) is 18.5 Å². The summed E-state index contributed by atoms with van der Waals surface area (Å²) in [6.45, 7) is 4.73. The van der Waals surface area contributed by atoms with Crippen molar-refractivity contribution in [2.75, 3.05) is 17.2 Å². The number of aryl methyl sites for hydroxylation is 1. The van der Waals surface area contributed by atoms with Crippen molar-refractivity contribution >= 4 is 28.6 Å². The fourth-order valence-electron chi connectivity index (χ4n) is 2.59. The second-order valence-electron chi connectivity index (χ2n) is 5.85. The molecule has 0 radical (unpaired) electrons. The molecule has 0 saturated carbocycles. The second-order valence-corrected chi connectivity index (χ2v) is 5.85. The number of anilines is 3. The average Bonchev–Trinajstić information content (AvgIpc) is 3.09. The van der Waals surface area contributed by atoms with Crippen LogP contribution in [0.3, 0.4) is 0 Å². The maximum Gasteiger partial charge on any atom is 0.227 e. The lowest BCUT2D eigenvalue weighted by Crippen LogP contribution is -2.24. The van der Waals surface area contributed by atoms with E-state index < -0.39 is 0 Å². The Morgan fingerprint density at radius 2 is 2.15 bits per heavy atom. The molecule has 3 aromatic rings. The van der Waals surface area contributed by atoms with Crippen molar-refractivity contribution in [3.63, 3.8) is 0 Å². The lowest BCUT2D eigenvalue weighted by molar-refractivity contribution is 0.271. The van der Waals surface area contributed by atoms with E-state index in [1.807, 2.05) is 30.5 Å². The Morgan fingerprint density at radius 3 is 2.85 bits per heavy atom. The summed E-state index contributed by atoms with van der Waals surface area (Å²) in [6.07, 6.45) is 2.47. The molecule has 0 bridgehead atoms. The second kappa shape index (κ2) is 7.80. The topological polar surface area (TPSA) is 112 Å². The van der Waals surface area contributed by atoms with Gasteiger partial charge in [0.2, 0.25) is 5.95 Å². The largest absolute Gasteiger partial charge is 0.394 e. The highest BCUT2D eigenvalue weighted by Gasteiger charge is 2.15. The first kappa shape index (κ1) is 17.6. The lowest BCUT2D eigenvalue weighted by Gasteiger charge is -2.15. The Kier molecular flexibility index (Phi) is 5.29. The summed E-state index contributed by atoms with van der Waals surface area (Å²) >= 11 is 0. The first-order valence-electron chi connectivity index (χ1n) is 8.55. The third-order valence-corrected chi connectivity index (χ3v) is 4.11. The number of benzene rings is 1. The van der Waals surface area contributed by atoms with Crippen LogP contribution in [0.4, 0.5) is 17.5 Å². The van der Waals surface area contributed by atoms with Crippen LogP contribution in [-0.4, -0.2) is 37.3 Å². The zero-order chi connectivity index (χ0) is 18.5. The van der Waals surface area contributed by atoms with Crippen molar-refractivity contribution in [2.24, 2.45) is 0 Å². The first-order valence-corrected chi connectivity index (χ1v) is 8.55. The molecule has 26 heavy (non-hydrogen) atoms. The minimum Gasteiger partial charge on any atom is -0.394 e. The van der Waals surface area contributed by atoms with Gasteiger partial charge in [-0.2, -0.15) is 15.2 Å². The molecule has 0 aliphatic rings. The van der Waals surface area contributed by atoms with Crippen molar-refractivity contribution in [3.8, 4) is 6.07 Å². The number of nitriles is 1. The molecule has 0 amide bonds. The van der Waals surface area contributed by atoms with Crippen LogP contribution in [0.2, 0.25) is 0 Å². The highest BCUT2D eigenvalue weighted by molar-refractivity contribution is 5.86. The van der Waals surface area contributed by atoms with Crippen LogP contribution in [0.15, 0.2) is 30.6 Å². The minimum absolute atomic E-state index is 0.00207. The van der Waals surface area contributed by atoms with E-state index in [0.717, 1.165) is 18.7 Å². The van der Waals surface area contributed by atoms with Gasteiger partial charge in [0.15, 0.2) is 17.0 Å². The van der Waals surface area contributed by atoms with Gasteiger partial charge in [0.25, 0.3) is 0 Å². The third kappa shape index (κ3) is 3.58. The number of imidazole rings is 1. The summed E-state index contributed by atoms with van der Waals surface area (Å²) in [6, 6.07) is 9.16. The molecule has 0 saturated heterocycles. The monoisotopic (exact) mass is 351 g/mol. The number of nitrogens with zero attached hydrogens (tertiary/aromatic N) is 5. The van der Waals surface area contributed by atoms with Crippen molar-refractivity contribution in [3.05, 3.63) is 36.2 Å². The molecule has 0 spiro atoms. The van der Waals surface area contributed by atoms with Crippen LogP contribution in [0.25, 0.3) is 11.2 Å². The number of nitrogens with one attached hydrogen (secondary N) is 2. The van der Waals surface area contributed by atoms with E-state index >= 15 is 0 Å². The summed E-state index contributed by atoms with van der Waals surface area (Å²) < 4.78 is 1.93. The molecule has 134 valence electrons. The average molecular weight is 351 g/mol. The first-order chi connectivity index (χ1) is 12.7. The highest BCUT2D eigenvalue weighted by Crippen LogP contribution is 2.25. The predicted molar refractivity (Wildman–Crippen MR) is 100 cm³/mol. The number of aliphatic hydroxyl groups is 1. The van der Waals surface area contributed by atoms with E-state index in [-0.39, 0.29) is 12.6 Å². The number of aliphatic hydroxyl groups excluding tert-OH is 1. The van der Waals surface area contributed by atoms with Crippen molar-refractivity contribution in [2.45, 2.75) is 32.9 Å². The van der Waals surface area contributed by atoms with Crippen molar-refractivity contribution in [1.29, 1.82) is 5.26 Å². The van der Waals surface area contributed by atoms with Crippen molar-refractivity contribution in [1.82, 2.24) is 19.5 Å². The summed E-state index contributed by atoms with van der Waals surface area (Å²) in [5.41, 5.74) is 2.66. The molecule has 8 heteroatoms. The van der Waals surface area contributed by atoms with Gasteiger partial charge in [0.05, 0.1) is 30.6 Å². The van der Waals surface area contributed by atoms with E-state index in [2.05, 4.69) is 31.7 Å². The van der Waals surface area contributed by atoms with Gasteiger partial charge in [0.1, 0.15) is 0 Å². The zero-order valence-electron chi connectivity index (χ0n) is 14.8. The molecule has 8 nitrogen and oxygen atoms in total. The van der Waals surface area contributed by atoms with E-state index in [9.17, 15) is 5.11 Å². The fraction of sp³-hybridized carbons (Fsp3) is 0.333. The lowest BCUT2D eigenvalue weighted by atomic mass is 10.2. The molecule has 2 heterocycles.